The lowest BCUT2D eigenvalue weighted by atomic mass is 9.97. The van der Waals surface area contributed by atoms with E-state index >= 15 is 0 Å². The summed E-state index contributed by atoms with van der Waals surface area (Å²) >= 11 is 0. The fourth-order valence-electron chi connectivity index (χ4n) is 2.76. The summed E-state index contributed by atoms with van der Waals surface area (Å²) in [4.78, 5) is 16.9. The van der Waals surface area contributed by atoms with Crippen LogP contribution in [0.1, 0.15) is 61.0 Å². The lowest BCUT2D eigenvalue weighted by molar-refractivity contribution is -0.122. The molecule has 0 unspecified atom stereocenters. The van der Waals surface area contributed by atoms with Crippen molar-refractivity contribution in [1.29, 1.82) is 0 Å². The van der Waals surface area contributed by atoms with Crippen molar-refractivity contribution < 1.29 is 4.79 Å². The molecule has 3 nitrogen and oxygen atoms in total. The summed E-state index contributed by atoms with van der Waals surface area (Å²) in [6.45, 7) is 6.39. The van der Waals surface area contributed by atoms with Crippen LogP contribution in [0, 0.1) is 12.8 Å². The van der Waals surface area contributed by atoms with Crippen molar-refractivity contribution in [3.8, 4) is 0 Å². The number of nitrogens with zero attached hydrogens (tertiary/aromatic N) is 1. The first-order valence-corrected chi connectivity index (χ1v) is 8.38. The fraction of sp³-hybridized carbons (Fsp3) is 0.400. The normalized spacial score (nSPS) is 15.5. The van der Waals surface area contributed by atoms with E-state index in [0.29, 0.717) is 5.92 Å². The van der Waals surface area contributed by atoms with E-state index in [-0.39, 0.29) is 17.9 Å². The zero-order chi connectivity index (χ0) is 16.4. The van der Waals surface area contributed by atoms with E-state index in [1.54, 1.807) is 0 Å². The number of hydrogen-bond donors (Lipinski definition) is 1. The molecule has 1 aromatic heterocycles. The summed E-state index contributed by atoms with van der Waals surface area (Å²) in [5.74, 6) is 0.791. The van der Waals surface area contributed by atoms with Gasteiger partial charge in [-0.15, -0.1) is 0 Å². The maximum Gasteiger partial charge on any atom is 0.223 e. The summed E-state index contributed by atoms with van der Waals surface area (Å²) in [5.41, 5.74) is 4.40. The second kappa shape index (κ2) is 6.53. The first kappa shape index (κ1) is 15.7. The van der Waals surface area contributed by atoms with Crippen LogP contribution in [0.15, 0.2) is 42.6 Å². The highest BCUT2D eigenvalue weighted by molar-refractivity contribution is 5.81. The minimum atomic E-state index is -0.175. The molecule has 3 heteroatoms. The van der Waals surface area contributed by atoms with Crippen LogP contribution in [0.25, 0.3) is 0 Å². The number of pyridine rings is 1. The molecule has 1 heterocycles. The number of aromatic nitrogens is 1. The van der Waals surface area contributed by atoms with Crippen LogP contribution in [0.4, 0.5) is 0 Å². The van der Waals surface area contributed by atoms with Crippen molar-refractivity contribution in [2.75, 3.05) is 0 Å². The smallest absolute Gasteiger partial charge is 0.223 e. The lowest BCUT2D eigenvalue weighted by Gasteiger charge is -2.21. The first-order chi connectivity index (χ1) is 11.1. The van der Waals surface area contributed by atoms with E-state index < -0.39 is 0 Å². The number of rotatable bonds is 5. The molecule has 1 atom stereocenters. The standard InChI is InChI=1S/C20H24N2O/c1-13(2)16-10-11-18(21-12-16)19(22-20(23)15-8-9-15)17-7-5-4-6-14(17)3/h4-7,10-13,15,19H,8-9H2,1-3H3,(H,22,23)/t19-/m0/s1. The van der Waals surface area contributed by atoms with Crippen LogP contribution in [0.5, 0.6) is 0 Å². The van der Waals surface area contributed by atoms with Crippen LogP contribution < -0.4 is 5.32 Å². The zero-order valence-corrected chi connectivity index (χ0v) is 14.0. The third-order valence-electron chi connectivity index (χ3n) is 4.51. The number of benzene rings is 1. The van der Waals surface area contributed by atoms with Crippen LogP contribution in [-0.4, -0.2) is 10.9 Å². The summed E-state index contributed by atoms with van der Waals surface area (Å²) < 4.78 is 0. The van der Waals surface area contributed by atoms with E-state index in [4.69, 9.17) is 0 Å². The molecule has 0 spiro atoms. The lowest BCUT2D eigenvalue weighted by Crippen LogP contribution is -2.31. The van der Waals surface area contributed by atoms with Crippen LogP contribution in [0.2, 0.25) is 0 Å². The number of carbonyl (C=O) groups excluding carboxylic acids is 1. The van der Waals surface area contributed by atoms with E-state index in [9.17, 15) is 4.79 Å². The maximum atomic E-state index is 12.3. The molecule has 0 radical (unpaired) electrons. The van der Waals surface area contributed by atoms with Gasteiger partial charge in [0.05, 0.1) is 11.7 Å². The molecule has 3 rings (SSSR count). The Labute approximate surface area is 138 Å². The molecule has 1 saturated carbocycles. The SMILES string of the molecule is Cc1ccccc1[C@H](NC(=O)C1CC1)c1ccc(C(C)C)cn1. The number of carbonyl (C=O) groups is 1. The van der Waals surface area contributed by atoms with Crippen molar-refractivity contribution in [1.82, 2.24) is 10.3 Å². The molecule has 1 amide bonds. The third kappa shape index (κ3) is 3.61. The Morgan fingerprint density at radius 1 is 1.17 bits per heavy atom. The second-order valence-corrected chi connectivity index (χ2v) is 6.74. The second-order valence-electron chi connectivity index (χ2n) is 6.74. The van der Waals surface area contributed by atoms with E-state index in [0.717, 1.165) is 24.1 Å². The van der Waals surface area contributed by atoms with Gasteiger partial charge in [0.25, 0.3) is 0 Å². The minimum Gasteiger partial charge on any atom is -0.343 e. The van der Waals surface area contributed by atoms with Crippen molar-refractivity contribution in [3.63, 3.8) is 0 Å². The average molecular weight is 308 g/mol. The molecule has 0 bridgehead atoms. The summed E-state index contributed by atoms with van der Waals surface area (Å²) in [7, 11) is 0. The minimum absolute atomic E-state index is 0.146. The van der Waals surface area contributed by atoms with Gasteiger partial charge in [-0.2, -0.15) is 0 Å². The summed E-state index contributed by atoms with van der Waals surface area (Å²) in [6.07, 6.45) is 3.94. The van der Waals surface area contributed by atoms with Gasteiger partial charge < -0.3 is 5.32 Å². The van der Waals surface area contributed by atoms with Crippen molar-refractivity contribution in [2.45, 2.75) is 45.6 Å². The van der Waals surface area contributed by atoms with Crippen LogP contribution in [-0.2, 0) is 4.79 Å². The Balaban J connectivity index is 1.93. The van der Waals surface area contributed by atoms with E-state index in [1.165, 1.54) is 11.1 Å². The van der Waals surface area contributed by atoms with Gasteiger partial charge in [-0.3, -0.25) is 9.78 Å². The highest BCUT2D eigenvalue weighted by Crippen LogP contribution is 2.31. The Morgan fingerprint density at radius 3 is 2.48 bits per heavy atom. The van der Waals surface area contributed by atoms with Gasteiger partial charge >= 0.3 is 0 Å². The zero-order valence-electron chi connectivity index (χ0n) is 14.0. The fourth-order valence-corrected chi connectivity index (χ4v) is 2.76. The number of nitrogens with one attached hydrogen (secondary N) is 1. The largest absolute Gasteiger partial charge is 0.343 e. The molecule has 2 aromatic rings. The Bertz CT molecular complexity index is 687. The first-order valence-electron chi connectivity index (χ1n) is 8.38. The molecule has 0 aliphatic heterocycles. The monoisotopic (exact) mass is 308 g/mol. The third-order valence-corrected chi connectivity index (χ3v) is 4.51. The molecule has 120 valence electrons. The van der Waals surface area contributed by atoms with Crippen molar-refractivity contribution >= 4 is 5.91 Å². The molecule has 0 saturated heterocycles. The van der Waals surface area contributed by atoms with Gasteiger partial charge in [-0.1, -0.05) is 44.2 Å². The highest BCUT2D eigenvalue weighted by atomic mass is 16.2. The van der Waals surface area contributed by atoms with Gasteiger partial charge in [0.15, 0.2) is 0 Å². The molecule has 1 aromatic carbocycles. The van der Waals surface area contributed by atoms with Gasteiger partial charge in [0.1, 0.15) is 0 Å². The maximum absolute atomic E-state index is 12.3. The molecule has 1 fully saturated rings. The molecule has 1 aliphatic rings. The van der Waals surface area contributed by atoms with E-state index in [1.807, 2.05) is 24.4 Å². The Morgan fingerprint density at radius 2 is 1.91 bits per heavy atom. The predicted molar refractivity (Wildman–Crippen MR) is 92.2 cm³/mol. The topological polar surface area (TPSA) is 42.0 Å². The van der Waals surface area contributed by atoms with Gasteiger partial charge in [-0.05, 0) is 48.4 Å². The van der Waals surface area contributed by atoms with Crippen LogP contribution >= 0.6 is 0 Å². The molecular formula is C20H24N2O. The molecular weight excluding hydrogens is 284 g/mol. The van der Waals surface area contributed by atoms with Gasteiger partial charge in [-0.25, -0.2) is 0 Å². The number of aryl methyl sites for hydroxylation is 1. The predicted octanol–water partition coefficient (Wildman–Crippen LogP) is 4.13. The summed E-state index contributed by atoms with van der Waals surface area (Å²) in [6, 6.07) is 12.2. The number of amides is 1. The molecule has 1 aliphatic carbocycles. The van der Waals surface area contributed by atoms with Crippen LogP contribution in [0.3, 0.4) is 0 Å². The van der Waals surface area contributed by atoms with Gasteiger partial charge in [0, 0.05) is 12.1 Å². The van der Waals surface area contributed by atoms with Crippen molar-refractivity contribution in [2.24, 2.45) is 5.92 Å². The van der Waals surface area contributed by atoms with Gasteiger partial charge in [0.2, 0.25) is 5.91 Å². The Kier molecular flexibility index (Phi) is 4.46. The average Bonchev–Trinajstić information content (AvgIpc) is 3.38. The van der Waals surface area contributed by atoms with E-state index in [2.05, 4.69) is 49.3 Å². The Hall–Kier alpha value is -2.16. The number of hydrogen-bond acceptors (Lipinski definition) is 2. The highest BCUT2D eigenvalue weighted by Gasteiger charge is 2.32. The molecule has 1 N–H and O–H groups in total. The van der Waals surface area contributed by atoms with Crippen molar-refractivity contribution in [3.05, 3.63) is 65.0 Å². The summed E-state index contributed by atoms with van der Waals surface area (Å²) in [5, 5.41) is 3.20. The molecule has 23 heavy (non-hydrogen) atoms. The quantitative estimate of drug-likeness (QED) is 0.902.